The molecule has 0 saturated heterocycles. The number of aromatic nitrogens is 2. The van der Waals surface area contributed by atoms with Gasteiger partial charge in [0.25, 0.3) is 0 Å². The monoisotopic (exact) mass is 213 g/mol. The lowest BCUT2D eigenvalue weighted by molar-refractivity contribution is 0.556. The van der Waals surface area contributed by atoms with Gasteiger partial charge in [-0.3, -0.25) is 4.68 Å². The normalized spacial score (nSPS) is 13.1. The maximum absolute atomic E-state index is 4.42. The van der Waals surface area contributed by atoms with Crippen LogP contribution < -0.4 is 5.32 Å². The molecule has 0 aliphatic heterocycles. The van der Waals surface area contributed by atoms with Crippen LogP contribution in [0.1, 0.15) is 25.1 Å². The molecule has 0 aliphatic rings. The van der Waals surface area contributed by atoms with Crippen LogP contribution >= 0.6 is 11.8 Å². The molecule has 0 amide bonds. The van der Waals surface area contributed by atoms with Crippen LogP contribution in [0, 0.1) is 0 Å². The highest BCUT2D eigenvalue weighted by Crippen LogP contribution is 2.14. The van der Waals surface area contributed by atoms with Crippen LogP contribution in [0.25, 0.3) is 0 Å². The second-order valence-corrected chi connectivity index (χ2v) is 4.29. The molecule has 1 N–H and O–H groups in total. The number of nitrogens with zero attached hydrogens (tertiary/aromatic N) is 2. The van der Waals surface area contributed by atoms with Crippen LogP contribution in [-0.4, -0.2) is 28.3 Å². The van der Waals surface area contributed by atoms with E-state index in [1.807, 2.05) is 29.7 Å². The first-order valence-corrected chi connectivity index (χ1v) is 6.39. The number of aryl methyl sites for hydroxylation is 1. The molecule has 1 unspecified atom stereocenters. The Morgan fingerprint density at radius 3 is 2.93 bits per heavy atom. The molecule has 0 bridgehead atoms. The molecule has 0 spiro atoms. The molecule has 1 atom stereocenters. The molecule has 0 aromatic carbocycles. The minimum absolute atomic E-state index is 0.395. The van der Waals surface area contributed by atoms with E-state index >= 15 is 0 Å². The van der Waals surface area contributed by atoms with E-state index in [2.05, 4.69) is 29.7 Å². The average molecular weight is 213 g/mol. The molecule has 1 aromatic rings. The highest BCUT2D eigenvalue weighted by Gasteiger charge is 2.11. The van der Waals surface area contributed by atoms with Gasteiger partial charge >= 0.3 is 0 Å². The van der Waals surface area contributed by atoms with Gasteiger partial charge < -0.3 is 5.32 Å². The van der Waals surface area contributed by atoms with Gasteiger partial charge in [-0.15, -0.1) is 0 Å². The number of thioether (sulfide) groups is 1. The molecule has 1 aromatic heterocycles. The van der Waals surface area contributed by atoms with Crippen LogP contribution in [0.3, 0.4) is 0 Å². The molecule has 0 fully saturated rings. The lowest BCUT2D eigenvalue weighted by atomic mass is 10.2. The van der Waals surface area contributed by atoms with E-state index in [-0.39, 0.29) is 0 Å². The lowest BCUT2D eigenvalue weighted by Gasteiger charge is -2.14. The first-order valence-electron chi connectivity index (χ1n) is 4.99. The predicted octanol–water partition coefficient (Wildman–Crippen LogP) is 1.82. The summed E-state index contributed by atoms with van der Waals surface area (Å²) in [5.41, 5.74) is 1.15. The van der Waals surface area contributed by atoms with Crippen LogP contribution in [0.5, 0.6) is 0 Å². The third kappa shape index (κ3) is 3.35. The Hall–Kier alpha value is -0.480. The molecule has 3 nitrogen and oxygen atoms in total. The van der Waals surface area contributed by atoms with Gasteiger partial charge in [-0.05, 0) is 25.3 Å². The quantitative estimate of drug-likeness (QED) is 0.782. The largest absolute Gasteiger partial charge is 0.308 e. The Kier molecular flexibility index (Phi) is 5.04. The predicted molar refractivity (Wildman–Crippen MR) is 62.6 cm³/mol. The summed E-state index contributed by atoms with van der Waals surface area (Å²) in [6.45, 7) is 3.24. The fourth-order valence-electron chi connectivity index (χ4n) is 1.35. The SMILES string of the molecule is CCCNC(CSC)c1ccn(C)n1. The van der Waals surface area contributed by atoms with Gasteiger partial charge in [0, 0.05) is 19.0 Å². The van der Waals surface area contributed by atoms with Crippen LogP contribution in [-0.2, 0) is 7.05 Å². The zero-order valence-corrected chi connectivity index (χ0v) is 9.97. The molecule has 0 saturated carbocycles. The van der Waals surface area contributed by atoms with E-state index in [1.165, 1.54) is 0 Å². The van der Waals surface area contributed by atoms with E-state index < -0.39 is 0 Å². The summed E-state index contributed by atoms with van der Waals surface area (Å²) in [5.74, 6) is 1.08. The van der Waals surface area contributed by atoms with Crippen molar-refractivity contribution in [3.8, 4) is 0 Å². The third-order valence-electron chi connectivity index (χ3n) is 2.07. The summed E-state index contributed by atoms with van der Waals surface area (Å²) in [7, 11) is 1.96. The minimum Gasteiger partial charge on any atom is -0.308 e. The molecular weight excluding hydrogens is 194 g/mol. The number of nitrogens with one attached hydrogen (secondary N) is 1. The first kappa shape index (κ1) is 11.6. The van der Waals surface area contributed by atoms with Crippen molar-refractivity contribution in [2.45, 2.75) is 19.4 Å². The molecule has 1 heterocycles. The Balaban J connectivity index is 2.57. The summed E-state index contributed by atoms with van der Waals surface area (Å²) in [5, 5.41) is 7.93. The number of hydrogen-bond acceptors (Lipinski definition) is 3. The fourth-order valence-corrected chi connectivity index (χ4v) is 1.97. The van der Waals surface area contributed by atoms with Crippen molar-refractivity contribution in [2.75, 3.05) is 18.6 Å². The zero-order chi connectivity index (χ0) is 10.4. The smallest absolute Gasteiger partial charge is 0.0802 e. The zero-order valence-electron chi connectivity index (χ0n) is 9.16. The van der Waals surface area contributed by atoms with E-state index in [0.29, 0.717) is 6.04 Å². The molecule has 14 heavy (non-hydrogen) atoms. The van der Waals surface area contributed by atoms with Crippen molar-refractivity contribution < 1.29 is 0 Å². The molecular formula is C10H19N3S. The van der Waals surface area contributed by atoms with Crippen LogP contribution in [0.2, 0.25) is 0 Å². The van der Waals surface area contributed by atoms with Gasteiger partial charge in [-0.2, -0.15) is 16.9 Å². The third-order valence-corrected chi connectivity index (χ3v) is 2.73. The molecule has 4 heteroatoms. The highest BCUT2D eigenvalue weighted by molar-refractivity contribution is 7.98. The maximum atomic E-state index is 4.42. The van der Waals surface area contributed by atoms with Crippen molar-refractivity contribution in [1.29, 1.82) is 0 Å². The maximum Gasteiger partial charge on any atom is 0.0802 e. The van der Waals surface area contributed by atoms with Crippen LogP contribution in [0.15, 0.2) is 12.3 Å². The Morgan fingerprint density at radius 2 is 2.43 bits per heavy atom. The molecule has 1 rings (SSSR count). The average Bonchev–Trinajstić information content (AvgIpc) is 2.59. The summed E-state index contributed by atoms with van der Waals surface area (Å²) in [6, 6.07) is 2.48. The Bertz CT molecular complexity index is 260. The van der Waals surface area contributed by atoms with Crippen molar-refractivity contribution in [3.63, 3.8) is 0 Å². The summed E-state index contributed by atoms with van der Waals surface area (Å²) in [4.78, 5) is 0. The summed E-state index contributed by atoms with van der Waals surface area (Å²) < 4.78 is 1.86. The second kappa shape index (κ2) is 6.09. The van der Waals surface area contributed by atoms with Gasteiger partial charge in [-0.25, -0.2) is 0 Å². The van der Waals surface area contributed by atoms with Gasteiger partial charge in [0.15, 0.2) is 0 Å². The van der Waals surface area contributed by atoms with Crippen molar-refractivity contribution in [1.82, 2.24) is 15.1 Å². The van der Waals surface area contributed by atoms with Gasteiger partial charge in [0.1, 0.15) is 0 Å². The Morgan fingerprint density at radius 1 is 1.64 bits per heavy atom. The summed E-state index contributed by atoms with van der Waals surface area (Å²) >= 11 is 1.85. The molecule has 0 radical (unpaired) electrons. The first-order chi connectivity index (χ1) is 6.77. The molecule has 80 valence electrons. The van der Waals surface area contributed by atoms with Gasteiger partial charge in [0.05, 0.1) is 11.7 Å². The van der Waals surface area contributed by atoms with E-state index in [9.17, 15) is 0 Å². The minimum atomic E-state index is 0.395. The topological polar surface area (TPSA) is 29.9 Å². The highest BCUT2D eigenvalue weighted by atomic mass is 32.2. The number of hydrogen-bond donors (Lipinski definition) is 1. The molecule has 0 aliphatic carbocycles. The van der Waals surface area contributed by atoms with E-state index in [1.54, 1.807) is 0 Å². The van der Waals surface area contributed by atoms with E-state index in [0.717, 1.165) is 24.4 Å². The van der Waals surface area contributed by atoms with Crippen molar-refractivity contribution in [2.24, 2.45) is 7.05 Å². The van der Waals surface area contributed by atoms with Gasteiger partial charge in [0.2, 0.25) is 0 Å². The van der Waals surface area contributed by atoms with Crippen molar-refractivity contribution in [3.05, 3.63) is 18.0 Å². The standard InChI is InChI=1S/C10H19N3S/c1-4-6-11-10(8-14-3)9-5-7-13(2)12-9/h5,7,10-11H,4,6,8H2,1-3H3. The second-order valence-electron chi connectivity index (χ2n) is 3.38. The van der Waals surface area contributed by atoms with E-state index in [4.69, 9.17) is 0 Å². The van der Waals surface area contributed by atoms with Crippen molar-refractivity contribution >= 4 is 11.8 Å². The number of rotatable bonds is 6. The summed E-state index contributed by atoms with van der Waals surface area (Å²) in [6.07, 6.45) is 5.29. The fraction of sp³-hybridized carbons (Fsp3) is 0.700. The van der Waals surface area contributed by atoms with Crippen LogP contribution in [0.4, 0.5) is 0 Å². The Labute approximate surface area is 90.3 Å². The lowest BCUT2D eigenvalue weighted by Crippen LogP contribution is -2.24. The van der Waals surface area contributed by atoms with Gasteiger partial charge in [-0.1, -0.05) is 6.92 Å².